The van der Waals surface area contributed by atoms with E-state index >= 15 is 0 Å². The van der Waals surface area contributed by atoms with Crippen molar-refractivity contribution in [2.24, 2.45) is 5.73 Å². The fraction of sp³-hybridized carbons (Fsp3) is 0.182. The van der Waals surface area contributed by atoms with Crippen LogP contribution in [-0.2, 0) is 0 Å². The molecule has 3 nitrogen and oxygen atoms in total. The van der Waals surface area contributed by atoms with E-state index in [1.807, 2.05) is 6.92 Å². The molecule has 1 aromatic carbocycles. The first-order valence-corrected chi connectivity index (χ1v) is 4.73. The van der Waals surface area contributed by atoms with Gasteiger partial charge in [-0.1, -0.05) is 0 Å². The Morgan fingerprint density at radius 2 is 2.00 bits per heavy atom. The first-order chi connectivity index (χ1) is 7.18. The molecule has 0 aliphatic rings. The molecule has 0 saturated carbocycles. The molecule has 0 fully saturated rings. The molecule has 0 radical (unpaired) electrons. The van der Waals surface area contributed by atoms with Crippen LogP contribution in [0.3, 0.4) is 0 Å². The zero-order chi connectivity index (χ0) is 10.8. The van der Waals surface area contributed by atoms with Crippen LogP contribution in [0.5, 0.6) is 0 Å². The van der Waals surface area contributed by atoms with Crippen molar-refractivity contribution in [3.8, 4) is 11.3 Å². The summed E-state index contributed by atoms with van der Waals surface area (Å²) in [6, 6.07) is 6.15. The summed E-state index contributed by atoms with van der Waals surface area (Å²) in [5.74, 6) is -0.249. The Bertz CT molecular complexity index is 445. The Hall–Kier alpha value is -1.68. The van der Waals surface area contributed by atoms with Gasteiger partial charge in [-0.15, -0.1) is 0 Å². The van der Waals surface area contributed by atoms with E-state index < -0.39 is 0 Å². The average molecular weight is 205 g/mol. The van der Waals surface area contributed by atoms with Gasteiger partial charge in [0.2, 0.25) is 0 Å². The molecule has 0 saturated heterocycles. The van der Waals surface area contributed by atoms with Crippen LogP contribution in [0.25, 0.3) is 11.3 Å². The molecule has 1 unspecified atom stereocenters. The number of aromatic amines is 1. The Morgan fingerprint density at radius 3 is 2.60 bits per heavy atom. The summed E-state index contributed by atoms with van der Waals surface area (Å²) in [5, 5.41) is 6.81. The van der Waals surface area contributed by atoms with E-state index in [1.165, 1.54) is 12.1 Å². The van der Waals surface area contributed by atoms with Crippen molar-refractivity contribution in [2.45, 2.75) is 13.0 Å². The number of H-pyrrole nitrogens is 1. The number of aromatic nitrogens is 2. The minimum atomic E-state index is -0.249. The maximum absolute atomic E-state index is 12.7. The fourth-order valence-electron chi connectivity index (χ4n) is 1.49. The SMILES string of the molecule is CC(N)c1cn[nH]c1-c1ccc(F)cc1. The molecule has 0 aliphatic carbocycles. The molecule has 1 atom stereocenters. The molecule has 1 aromatic heterocycles. The maximum atomic E-state index is 12.7. The summed E-state index contributed by atoms with van der Waals surface area (Å²) < 4.78 is 12.7. The number of halogens is 1. The van der Waals surface area contributed by atoms with Gasteiger partial charge in [-0.2, -0.15) is 5.10 Å². The molecule has 0 bridgehead atoms. The van der Waals surface area contributed by atoms with E-state index in [9.17, 15) is 4.39 Å². The standard InChI is InChI=1S/C11H12FN3/c1-7(13)10-6-14-15-11(10)8-2-4-9(12)5-3-8/h2-7H,13H2,1H3,(H,14,15). The van der Waals surface area contributed by atoms with E-state index in [4.69, 9.17) is 5.73 Å². The smallest absolute Gasteiger partial charge is 0.123 e. The quantitative estimate of drug-likeness (QED) is 0.789. The highest BCUT2D eigenvalue weighted by atomic mass is 19.1. The summed E-state index contributed by atoms with van der Waals surface area (Å²) >= 11 is 0. The van der Waals surface area contributed by atoms with Gasteiger partial charge in [0.05, 0.1) is 11.9 Å². The third kappa shape index (κ3) is 1.89. The monoisotopic (exact) mass is 205 g/mol. The van der Waals surface area contributed by atoms with Gasteiger partial charge < -0.3 is 5.73 Å². The molecule has 0 aliphatic heterocycles. The number of benzene rings is 1. The van der Waals surface area contributed by atoms with Crippen LogP contribution < -0.4 is 5.73 Å². The number of hydrogen-bond acceptors (Lipinski definition) is 2. The third-order valence-corrected chi connectivity index (χ3v) is 2.29. The fourth-order valence-corrected chi connectivity index (χ4v) is 1.49. The molecule has 2 aromatic rings. The molecule has 0 spiro atoms. The second-order valence-electron chi connectivity index (χ2n) is 3.50. The summed E-state index contributed by atoms with van der Waals surface area (Å²) in [6.07, 6.45) is 1.70. The summed E-state index contributed by atoms with van der Waals surface area (Å²) in [7, 11) is 0. The van der Waals surface area contributed by atoms with Gasteiger partial charge in [0, 0.05) is 17.2 Å². The number of nitrogens with two attached hydrogens (primary N) is 1. The topological polar surface area (TPSA) is 54.7 Å². The lowest BCUT2D eigenvalue weighted by Gasteiger charge is -2.05. The van der Waals surface area contributed by atoms with E-state index in [2.05, 4.69) is 10.2 Å². The van der Waals surface area contributed by atoms with Crippen LogP contribution in [-0.4, -0.2) is 10.2 Å². The van der Waals surface area contributed by atoms with Gasteiger partial charge >= 0.3 is 0 Å². The highest BCUT2D eigenvalue weighted by molar-refractivity contribution is 5.63. The van der Waals surface area contributed by atoms with Crippen molar-refractivity contribution in [1.29, 1.82) is 0 Å². The highest BCUT2D eigenvalue weighted by Crippen LogP contribution is 2.24. The molecule has 4 heteroatoms. The maximum Gasteiger partial charge on any atom is 0.123 e. The highest BCUT2D eigenvalue weighted by Gasteiger charge is 2.10. The van der Waals surface area contributed by atoms with Crippen molar-refractivity contribution < 1.29 is 4.39 Å². The lowest BCUT2D eigenvalue weighted by Crippen LogP contribution is -2.05. The van der Waals surface area contributed by atoms with Crippen LogP contribution in [0.2, 0.25) is 0 Å². The van der Waals surface area contributed by atoms with Crippen molar-refractivity contribution in [3.63, 3.8) is 0 Å². The molecule has 78 valence electrons. The minimum Gasteiger partial charge on any atom is -0.324 e. The first-order valence-electron chi connectivity index (χ1n) is 4.73. The molecule has 15 heavy (non-hydrogen) atoms. The number of nitrogens with zero attached hydrogens (tertiary/aromatic N) is 1. The normalized spacial score (nSPS) is 12.7. The van der Waals surface area contributed by atoms with Gasteiger partial charge in [0.25, 0.3) is 0 Å². The first kappa shape index (κ1) is 9.86. The van der Waals surface area contributed by atoms with Crippen molar-refractivity contribution in [1.82, 2.24) is 10.2 Å². The largest absolute Gasteiger partial charge is 0.324 e. The number of nitrogens with one attached hydrogen (secondary N) is 1. The molecule has 0 amide bonds. The molecule has 2 rings (SSSR count). The Morgan fingerprint density at radius 1 is 1.33 bits per heavy atom. The second kappa shape index (κ2) is 3.82. The molecular weight excluding hydrogens is 193 g/mol. The van der Waals surface area contributed by atoms with Crippen LogP contribution in [0.4, 0.5) is 4.39 Å². The van der Waals surface area contributed by atoms with Gasteiger partial charge in [0.15, 0.2) is 0 Å². The Kier molecular flexibility index (Phi) is 2.51. The number of hydrogen-bond donors (Lipinski definition) is 2. The van der Waals surface area contributed by atoms with Crippen LogP contribution in [0.1, 0.15) is 18.5 Å². The summed E-state index contributed by atoms with van der Waals surface area (Å²) in [5.41, 5.74) is 8.47. The van der Waals surface area contributed by atoms with Crippen molar-refractivity contribution >= 4 is 0 Å². The lowest BCUT2D eigenvalue weighted by atomic mass is 10.0. The van der Waals surface area contributed by atoms with Gasteiger partial charge in [0.1, 0.15) is 5.82 Å². The molecular formula is C11H12FN3. The number of rotatable bonds is 2. The third-order valence-electron chi connectivity index (χ3n) is 2.29. The summed E-state index contributed by atoms with van der Waals surface area (Å²) in [4.78, 5) is 0. The second-order valence-corrected chi connectivity index (χ2v) is 3.50. The van der Waals surface area contributed by atoms with Crippen LogP contribution in [0, 0.1) is 5.82 Å². The van der Waals surface area contributed by atoms with E-state index in [1.54, 1.807) is 18.3 Å². The van der Waals surface area contributed by atoms with E-state index in [0.717, 1.165) is 16.8 Å². The molecule has 1 heterocycles. The summed E-state index contributed by atoms with van der Waals surface area (Å²) in [6.45, 7) is 1.89. The van der Waals surface area contributed by atoms with E-state index in [0.29, 0.717) is 0 Å². The van der Waals surface area contributed by atoms with Crippen molar-refractivity contribution in [3.05, 3.63) is 41.8 Å². The molecule has 3 N–H and O–H groups in total. The predicted molar refractivity (Wildman–Crippen MR) is 56.6 cm³/mol. The van der Waals surface area contributed by atoms with Crippen molar-refractivity contribution in [2.75, 3.05) is 0 Å². The Balaban J connectivity index is 2.45. The van der Waals surface area contributed by atoms with Gasteiger partial charge in [-0.3, -0.25) is 5.10 Å². The predicted octanol–water partition coefficient (Wildman–Crippen LogP) is 2.24. The minimum absolute atomic E-state index is 0.0937. The average Bonchev–Trinajstić information content (AvgIpc) is 2.67. The lowest BCUT2D eigenvalue weighted by molar-refractivity contribution is 0.628. The van der Waals surface area contributed by atoms with E-state index in [-0.39, 0.29) is 11.9 Å². The van der Waals surface area contributed by atoms with Gasteiger partial charge in [-0.25, -0.2) is 4.39 Å². The van der Waals surface area contributed by atoms with Crippen LogP contribution >= 0.6 is 0 Å². The van der Waals surface area contributed by atoms with Crippen LogP contribution in [0.15, 0.2) is 30.5 Å². The Labute approximate surface area is 87.1 Å². The van der Waals surface area contributed by atoms with Gasteiger partial charge in [-0.05, 0) is 31.2 Å². The zero-order valence-electron chi connectivity index (χ0n) is 8.37. The zero-order valence-corrected chi connectivity index (χ0v) is 8.37.